The standard InChI is InChI=1S/C18H17FN4O/c19-15-8-10-16(11-9-15)23-13-17(21-22-23)18(24)20-12-4-7-14-5-2-1-3-6-14/h1-3,5-6,8-11,13H,4,7,12H2,(H,20,24). The quantitative estimate of drug-likeness (QED) is 0.709. The molecule has 1 amide bonds. The summed E-state index contributed by atoms with van der Waals surface area (Å²) in [7, 11) is 0. The van der Waals surface area contributed by atoms with E-state index in [1.54, 1.807) is 12.1 Å². The molecule has 0 aliphatic rings. The molecule has 122 valence electrons. The van der Waals surface area contributed by atoms with E-state index in [9.17, 15) is 9.18 Å². The third-order valence-corrected chi connectivity index (χ3v) is 3.59. The number of amides is 1. The van der Waals surface area contributed by atoms with Crippen LogP contribution in [0.2, 0.25) is 0 Å². The average Bonchev–Trinajstić information content (AvgIpc) is 3.10. The molecular formula is C18H17FN4O. The summed E-state index contributed by atoms with van der Waals surface area (Å²) >= 11 is 0. The Hall–Kier alpha value is -3.02. The summed E-state index contributed by atoms with van der Waals surface area (Å²) in [5.41, 5.74) is 2.13. The van der Waals surface area contributed by atoms with Gasteiger partial charge in [-0.3, -0.25) is 4.79 Å². The van der Waals surface area contributed by atoms with E-state index in [1.165, 1.54) is 28.6 Å². The zero-order chi connectivity index (χ0) is 16.8. The zero-order valence-corrected chi connectivity index (χ0v) is 13.0. The van der Waals surface area contributed by atoms with E-state index in [-0.39, 0.29) is 17.4 Å². The molecule has 3 rings (SSSR count). The normalized spacial score (nSPS) is 10.5. The maximum absolute atomic E-state index is 12.9. The van der Waals surface area contributed by atoms with Gasteiger partial charge in [-0.15, -0.1) is 5.10 Å². The fourth-order valence-corrected chi connectivity index (χ4v) is 2.32. The van der Waals surface area contributed by atoms with Crippen molar-refractivity contribution < 1.29 is 9.18 Å². The van der Waals surface area contributed by atoms with Crippen LogP contribution in [0.3, 0.4) is 0 Å². The van der Waals surface area contributed by atoms with Crippen LogP contribution in [-0.2, 0) is 6.42 Å². The van der Waals surface area contributed by atoms with Crippen LogP contribution in [0.15, 0.2) is 60.8 Å². The molecule has 6 heteroatoms. The molecule has 0 bridgehead atoms. The van der Waals surface area contributed by atoms with Gasteiger partial charge in [0.1, 0.15) is 5.82 Å². The van der Waals surface area contributed by atoms with Gasteiger partial charge in [-0.05, 0) is 42.7 Å². The van der Waals surface area contributed by atoms with Crippen LogP contribution in [0.5, 0.6) is 0 Å². The second-order valence-electron chi connectivity index (χ2n) is 5.37. The van der Waals surface area contributed by atoms with Gasteiger partial charge >= 0.3 is 0 Å². The van der Waals surface area contributed by atoms with Gasteiger partial charge in [0, 0.05) is 6.54 Å². The van der Waals surface area contributed by atoms with E-state index in [4.69, 9.17) is 0 Å². The minimum absolute atomic E-state index is 0.235. The number of halogens is 1. The second kappa shape index (κ2) is 7.50. The Morgan fingerprint density at radius 1 is 1.08 bits per heavy atom. The number of carbonyl (C=O) groups excluding carboxylic acids is 1. The highest BCUT2D eigenvalue weighted by Gasteiger charge is 2.11. The molecular weight excluding hydrogens is 307 g/mol. The molecule has 0 fully saturated rings. The van der Waals surface area contributed by atoms with Crippen LogP contribution in [-0.4, -0.2) is 27.4 Å². The zero-order valence-electron chi connectivity index (χ0n) is 13.0. The molecule has 0 saturated carbocycles. The van der Waals surface area contributed by atoms with Crippen molar-refractivity contribution in [2.24, 2.45) is 0 Å². The van der Waals surface area contributed by atoms with E-state index >= 15 is 0 Å². The van der Waals surface area contributed by atoms with Crippen LogP contribution in [0, 0.1) is 5.82 Å². The predicted octanol–water partition coefficient (Wildman–Crippen LogP) is 2.77. The molecule has 1 aromatic heterocycles. The summed E-state index contributed by atoms with van der Waals surface area (Å²) < 4.78 is 14.4. The highest BCUT2D eigenvalue weighted by molar-refractivity contribution is 5.91. The van der Waals surface area contributed by atoms with Crippen molar-refractivity contribution in [3.8, 4) is 5.69 Å². The molecule has 0 radical (unpaired) electrons. The first-order chi connectivity index (χ1) is 11.7. The van der Waals surface area contributed by atoms with Crippen LogP contribution in [0.4, 0.5) is 4.39 Å². The molecule has 1 heterocycles. The Balaban J connectivity index is 1.51. The van der Waals surface area contributed by atoms with Gasteiger partial charge in [0.05, 0.1) is 11.9 Å². The molecule has 0 saturated heterocycles. The Morgan fingerprint density at radius 3 is 2.58 bits per heavy atom. The summed E-state index contributed by atoms with van der Waals surface area (Å²) in [6.45, 7) is 0.567. The van der Waals surface area contributed by atoms with Crippen LogP contribution < -0.4 is 5.32 Å². The maximum Gasteiger partial charge on any atom is 0.273 e. The molecule has 0 atom stereocenters. The number of hydrogen-bond acceptors (Lipinski definition) is 3. The summed E-state index contributed by atoms with van der Waals surface area (Å²) in [6, 6.07) is 15.9. The topological polar surface area (TPSA) is 59.8 Å². The lowest BCUT2D eigenvalue weighted by Crippen LogP contribution is -2.25. The minimum atomic E-state index is -0.324. The first kappa shape index (κ1) is 15.9. The monoisotopic (exact) mass is 324 g/mol. The van der Waals surface area contributed by atoms with Crippen molar-refractivity contribution in [3.05, 3.63) is 77.9 Å². The lowest BCUT2D eigenvalue weighted by atomic mass is 10.1. The Morgan fingerprint density at radius 2 is 1.83 bits per heavy atom. The van der Waals surface area contributed by atoms with Crippen molar-refractivity contribution in [1.82, 2.24) is 20.3 Å². The number of nitrogens with zero attached hydrogens (tertiary/aromatic N) is 3. The van der Waals surface area contributed by atoms with E-state index in [2.05, 4.69) is 27.8 Å². The fraction of sp³-hybridized carbons (Fsp3) is 0.167. The van der Waals surface area contributed by atoms with Gasteiger partial charge < -0.3 is 5.32 Å². The highest BCUT2D eigenvalue weighted by Crippen LogP contribution is 2.08. The van der Waals surface area contributed by atoms with Crippen molar-refractivity contribution >= 4 is 5.91 Å². The number of hydrogen-bond donors (Lipinski definition) is 1. The summed E-state index contributed by atoms with van der Waals surface area (Å²) in [5, 5.41) is 10.6. The first-order valence-electron chi connectivity index (χ1n) is 7.73. The van der Waals surface area contributed by atoms with Crippen molar-refractivity contribution in [2.75, 3.05) is 6.54 Å². The van der Waals surface area contributed by atoms with Crippen molar-refractivity contribution in [1.29, 1.82) is 0 Å². The summed E-state index contributed by atoms with van der Waals surface area (Å²) in [5.74, 6) is -0.591. The molecule has 24 heavy (non-hydrogen) atoms. The van der Waals surface area contributed by atoms with Gasteiger partial charge in [-0.25, -0.2) is 9.07 Å². The Labute approximate surface area is 139 Å². The summed E-state index contributed by atoms with van der Waals surface area (Å²) in [4.78, 5) is 12.1. The molecule has 0 aliphatic carbocycles. The number of nitrogens with one attached hydrogen (secondary N) is 1. The van der Waals surface area contributed by atoms with E-state index in [0.717, 1.165) is 12.8 Å². The lowest BCUT2D eigenvalue weighted by molar-refractivity contribution is 0.0948. The number of carbonyl (C=O) groups is 1. The van der Waals surface area contributed by atoms with Gasteiger partial charge in [0.2, 0.25) is 0 Å². The number of aryl methyl sites for hydroxylation is 1. The predicted molar refractivity (Wildman–Crippen MR) is 88.4 cm³/mol. The molecule has 0 unspecified atom stereocenters. The Kier molecular flexibility index (Phi) is 4.96. The van der Waals surface area contributed by atoms with E-state index in [0.29, 0.717) is 12.2 Å². The maximum atomic E-state index is 12.9. The van der Waals surface area contributed by atoms with Gasteiger partial charge in [-0.1, -0.05) is 35.5 Å². The molecule has 0 spiro atoms. The lowest BCUT2D eigenvalue weighted by Gasteiger charge is -2.03. The largest absolute Gasteiger partial charge is 0.351 e. The third kappa shape index (κ3) is 4.04. The molecule has 5 nitrogen and oxygen atoms in total. The van der Waals surface area contributed by atoms with Crippen LogP contribution in [0.1, 0.15) is 22.5 Å². The first-order valence-corrected chi connectivity index (χ1v) is 7.73. The van der Waals surface area contributed by atoms with Gasteiger partial charge in [0.15, 0.2) is 5.69 Å². The number of rotatable bonds is 6. The molecule has 1 N–H and O–H groups in total. The smallest absolute Gasteiger partial charge is 0.273 e. The molecule has 0 aliphatic heterocycles. The minimum Gasteiger partial charge on any atom is -0.351 e. The number of benzene rings is 2. The molecule has 3 aromatic rings. The second-order valence-corrected chi connectivity index (χ2v) is 5.37. The van der Waals surface area contributed by atoms with Crippen molar-refractivity contribution in [3.63, 3.8) is 0 Å². The highest BCUT2D eigenvalue weighted by atomic mass is 19.1. The average molecular weight is 324 g/mol. The van der Waals surface area contributed by atoms with Crippen molar-refractivity contribution in [2.45, 2.75) is 12.8 Å². The van der Waals surface area contributed by atoms with Gasteiger partial charge in [-0.2, -0.15) is 0 Å². The third-order valence-electron chi connectivity index (χ3n) is 3.59. The Bertz CT molecular complexity index is 799. The molecule has 2 aromatic carbocycles. The van der Waals surface area contributed by atoms with Crippen LogP contribution in [0.25, 0.3) is 5.69 Å². The van der Waals surface area contributed by atoms with Gasteiger partial charge in [0.25, 0.3) is 5.91 Å². The van der Waals surface area contributed by atoms with E-state index in [1.807, 2.05) is 18.2 Å². The van der Waals surface area contributed by atoms with E-state index < -0.39 is 0 Å². The summed E-state index contributed by atoms with van der Waals surface area (Å²) in [6.07, 6.45) is 3.28. The fourth-order valence-electron chi connectivity index (χ4n) is 2.32. The van der Waals surface area contributed by atoms with Crippen LogP contribution >= 0.6 is 0 Å². The number of aromatic nitrogens is 3. The SMILES string of the molecule is O=C(NCCCc1ccccc1)c1cn(-c2ccc(F)cc2)nn1.